The average Bonchev–Trinajstić information content (AvgIpc) is 2.63. The van der Waals surface area contributed by atoms with Crippen LogP contribution in [0.15, 0.2) is 16.5 Å². The van der Waals surface area contributed by atoms with Crippen LogP contribution in [0.25, 0.3) is 0 Å². The number of rotatable bonds is 5. The first-order valence-electron chi connectivity index (χ1n) is 4.99. The van der Waals surface area contributed by atoms with Crippen LogP contribution in [0.1, 0.15) is 26.5 Å². The van der Waals surface area contributed by atoms with Crippen molar-refractivity contribution in [1.29, 1.82) is 0 Å². The van der Waals surface area contributed by atoms with Gasteiger partial charge in [0, 0.05) is 5.54 Å². The Kier molecular flexibility index (Phi) is 3.66. The minimum atomic E-state index is -0.580. The summed E-state index contributed by atoms with van der Waals surface area (Å²) in [5.74, 6) is 0.201. The fourth-order valence-electron chi connectivity index (χ4n) is 1.02. The summed E-state index contributed by atoms with van der Waals surface area (Å²) in [4.78, 5) is 9.80. The molecule has 0 aromatic carbocycles. The predicted octanol–water partition coefficient (Wildman–Crippen LogP) is 1.44. The van der Waals surface area contributed by atoms with E-state index in [2.05, 4.69) is 5.32 Å². The summed E-state index contributed by atoms with van der Waals surface area (Å²) in [5.41, 5.74) is -0.471. The Hall–Kier alpha value is -1.40. The minimum absolute atomic E-state index is 0.272. The first kappa shape index (κ1) is 12.7. The molecule has 0 fully saturated rings. The molecule has 1 aromatic heterocycles. The molecular weight excluding hydrogens is 212 g/mol. The maximum atomic E-state index is 10.4. The number of aliphatic hydroxyl groups is 1. The van der Waals surface area contributed by atoms with Gasteiger partial charge in [-0.2, -0.15) is 0 Å². The van der Waals surface area contributed by atoms with E-state index < -0.39 is 16.6 Å². The summed E-state index contributed by atoms with van der Waals surface area (Å²) < 4.78 is 4.98. The highest BCUT2D eigenvalue weighted by molar-refractivity contribution is 5.17. The zero-order chi connectivity index (χ0) is 12.3. The largest absolute Gasteiger partial charge is 0.433 e. The van der Waals surface area contributed by atoms with E-state index in [1.807, 2.05) is 13.8 Å². The molecule has 1 atom stereocenters. The smallest absolute Gasteiger partial charge is 0.404 e. The summed E-state index contributed by atoms with van der Waals surface area (Å²) in [5, 5.41) is 22.9. The van der Waals surface area contributed by atoms with Crippen LogP contribution in [0.4, 0.5) is 5.88 Å². The van der Waals surface area contributed by atoms with Crippen LogP contribution in [0.5, 0.6) is 0 Å². The number of nitrogens with one attached hydrogen (secondary N) is 1. The Labute approximate surface area is 93.4 Å². The first-order valence-corrected chi connectivity index (χ1v) is 4.99. The van der Waals surface area contributed by atoms with Crippen LogP contribution in [0.3, 0.4) is 0 Å². The third-order valence-corrected chi connectivity index (χ3v) is 2.59. The Bertz CT molecular complexity index is 371. The second-order valence-electron chi connectivity index (χ2n) is 4.25. The summed E-state index contributed by atoms with van der Waals surface area (Å²) in [6.45, 7) is 5.70. The zero-order valence-electron chi connectivity index (χ0n) is 9.56. The third-order valence-electron chi connectivity index (χ3n) is 2.59. The van der Waals surface area contributed by atoms with Gasteiger partial charge in [0.2, 0.25) is 0 Å². The summed E-state index contributed by atoms with van der Waals surface area (Å²) in [6, 6.07) is 2.86. The Balaban J connectivity index is 2.58. The van der Waals surface area contributed by atoms with E-state index >= 15 is 0 Å². The van der Waals surface area contributed by atoms with Crippen LogP contribution in [-0.4, -0.2) is 21.7 Å². The van der Waals surface area contributed by atoms with E-state index in [1.165, 1.54) is 6.07 Å². The van der Waals surface area contributed by atoms with Gasteiger partial charge in [-0.25, -0.2) is 0 Å². The van der Waals surface area contributed by atoms with Gasteiger partial charge in [0.05, 0.1) is 18.7 Å². The quantitative estimate of drug-likeness (QED) is 0.588. The van der Waals surface area contributed by atoms with Crippen molar-refractivity contribution in [2.45, 2.75) is 39.0 Å². The minimum Gasteiger partial charge on any atom is -0.404 e. The predicted molar refractivity (Wildman–Crippen MR) is 58.0 cm³/mol. The highest BCUT2D eigenvalue weighted by atomic mass is 16.6. The SMILES string of the molecule is CC(O)C(C)(C)NCc1ccc([N+](=O)[O-])o1. The Morgan fingerprint density at radius 3 is 2.69 bits per heavy atom. The molecule has 0 bridgehead atoms. The molecule has 16 heavy (non-hydrogen) atoms. The second kappa shape index (κ2) is 4.63. The van der Waals surface area contributed by atoms with Crippen LogP contribution in [-0.2, 0) is 6.54 Å². The maximum absolute atomic E-state index is 10.4. The van der Waals surface area contributed by atoms with E-state index in [0.717, 1.165) is 0 Å². The molecule has 0 aliphatic rings. The summed E-state index contributed by atoms with van der Waals surface area (Å²) in [7, 11) is 0. The van der Waals surface area contributed by atoms with Crippen molar-refractivity contribution in [3.05, 3.63) is 28.0 Å². The molecule has 1 unspecified atom stereocenters. The molecule has 0 spiro atoms. The van der Waals surface area contributed by atoms with Gasteiger partial charge in [-0.05, 0) is 26.8 Å². The Morgan fingerprint density at radius 1 is 1.62 bits per heavy atom. The lowest BCUT2D eigenvalue weighted by Gasteiger charge is -2.28. The van der Waals surface area contributed by atoms with Crippen LogP contribution < -0.4 is 5.32 Å². The molecule has 90 valence electrons. The van der Waals surface area contributed by atoms with Gasteiger partial charge in [0.25, 0.3) is 0 Å². The van der Waals surface area contributed by atoms with E-state index in [9.17, 15) is 15.2 Å². The Morgan fingerprint density at radius 2 is 2.25 bits per heavy atom. The van der Waals surface area contributed by atoms with Crippen LogP contribution >= 0.6 is 0 Å². The summed E-state index contributed by atoms with van der Waals surface area (Å²) >= 11 is 0. The number of furan rings is 1. The lowest BCUT2D eigenvalue weighted by atomic mass is 9.99. The van der Waals surface area contributed by atoms with Crippen molar-refractivity contribution < 1.29 is 14.4 Å². The normalized spacial score (nSPS) is 13.8. The molecular formula is C10H16N2O4. The van der Waals surface area contributed by atoms with E-state index in [1.54, 1.807) is 13.0 Å². The van der Waals surface area contributed by atoms with Gasteiger partial charge < -0.3 is 14.8 Å². The summed E-state index contributed by atoms with van der Waals surface area (Å²) in [6.07, 6.45) is -0.530. The number of hydrogen-bond acceptors (Lipinski definition) is 5. The van der Waals surface area contributed by atoms with E-state index in [4.69, 9.17) is 4.42 Å². The number of nitrogens with zero attached hydrogens (tertiary/aromatic N) is 1. The zero-order valence-corrected chi connectivity index (χ0v) is 9.56. The highest BCUT2D eigenvalue weighted by Crippen LogP contribution is 2.17. The second-order valence-corrected chi connectivity index (χ2v) is 4.25. The van der Waals surface area contributed by atoms with Crippen molar-refractivity contribution in [3.63, 3.8) is 0 Å². The molecule has 0 saturated heterocycles. The molecule has 2 N–H and O–H groups in total. The molecule has 1 heterocycles. The van der Waals surface area contributed by atoms with Gasteiger partial charge in [-0.3, -0.25) is 10.1 Å². The molecule has 0 radical (unpaired) electrons. The van der Waals surface area contributed by atoms with Crippen LogP contribution in [0, 0.1) is 10.1 Å². The highest BCUT2D eigenvalue weighted by Gasteiger charge is 2.23. The standard InChI is InChI=1S/C10H16N2O4/c1-7(13)10(2,3)11-6-8-4-5-9(16-8)12(14)15/h4-5,7,11,13H,6H2,1-3H3. The third kappa shape index (κ3) is 3.04. The van der Waals surface area contributed by atoms with Crippen molar-refractivity contribution in [2.24, 2.45) is 0 Å². The molecule has 0 amide bonds. The topological polar surface area (TPSA) is 88.5 Å². The number of aliphatic hydroxyl groups excluding tert-OH is 1. The fourth-order valence-corrected chi connectivity index (χ4v) is 1.02. The van der Waals surface area contributed by atoms with Crippen molar-refractivity contribution >= 4 is 5.88 Å². The lowest BCUT2D eigenvalue weighted by Crippen LogP contribution is -2.47. The van der Waals surface area contributed by atoms with Gasteiger partial charge in [-0.1, -0.05) is 0 Å². The molecule has 6 heteroatoms. The first-order chi connectivity index (χ1) is 7.33. The van der Waals surface area contributed by atoms with Gasteiger partial charge in [0.1, 0.15) is 10.7 Å². The molecule has 1 rings (SSSR count). The maximum Gasteiger partial charge on any atom is 0.433 e. The fraction of sp³-hybridized carbons (Fsp3) is 0.600. The molecule has 0 saturated carbocycles. The van der Waals surface area contributed by atoms with E-state index in [-0.39, 0.29) is 5.88 Å². The van der Waals surface area contributed by atoms with Crippen molar-refractivity contribution in [3.8, 4) is 0 Å². The average molecular weight is 228 g/mol. The molecule has 0 aliphatic heterocycles. The molecule has 6 nitrogen and oxygen atoms in total. The van der Waals surface area contributed by atoms with Gasteiger partial charge in [-0.15, -0.1) is 0 Å². The van der Waals surface area contributed by atoms with Gasteiger partial charge >= 0.3 is 5.88 Å². The van der Waals surface area contributed by atoms with Gasteiger partial charge in [0.15, 0.2) is 0 Å². The van der Waals surface area contributed by atoms with Crippen molar-refractivity contribution in [2.75, 3.05) is 0 Å². The monoisotopic (exact) mass is 228 g/mol. The lowest BCUT2D eigenvalue weighted by molar-refractivity contribution is -0.402. The number of hydrogen-bond donors (Lipinski definition) is 2. The van der Waals surface area contributed by atoms with Crippen LogP contribution in [0.2, 0.25) is 0 Å². The molecule has 1 aromatic rings. The molecule has 0 aliphatic carbocycles. The number of nitro groups is 1. The van der Waals surface area contributed by atoms with Crippen molar-refractivity contribution in [1.82, 2.24) is 5.32 Å². The van der Waals surface area contributed by atoms with E-state index in [0.29, 0.717) is 12.3 Å².